The van der Waals surface area contributed by atoms with Crippen molar-refractivity contribution in [2.75, 3.05) is 5.32 Å². The quantitative estimate of drug-likeness (QED) is 0.188. The fourth-order valence-corrected chi connectivity index (χ4v) is 8.82. The maximum absolute atomic E-state index is 11.5. The Kier molecular flexibility index (Phi) is 7.48. The van der Waals surface area contributed by atoms with Gasteiger partial charge in [0, 0.05) is 42.9 Å². The van der Waals surface area contributed by atoms with E-state index in [1.54, 1.807) is 11.6 Å². The van der Waals surface area contributed by atoms with Crippen LogP contribution >= 0.6 is 11.3 Å². The summed E-state index contributed by atoms with van der Waals surface area (Å²) in [6.07, 6.45) is 12.4. The number of anilines is 2. The molecule has 2 aliphatic carbocycles. The number of nitrogens with one attached hydrogen (secondary N) is 1. The van der Waals surface area contributed by atoms with Crippen LogP contribution in [0.25, 0.3) is 53.6 Å². The summed E-state index contributed by atoms with van der Waals surface area (Å²) in [5, 5.41) is 17.8. The number of phenols is 1. The Balaban J connectivity index is 1.11. The highest BCUT2D eigenvalue weighted by molar-refractivity contribution is 7.25. The number of benzene rings is 6. The van der Waals surface area contributed by atoms with E-state index in [0.29, 0.717) is 5.92 Å². The lowest BCUT2D eigenvalue weighted by atomic mass is 9.77. The van der Waals surface area contributed by atoms with Crippen molar-refractivity contribution in [1.29, 1.82) is 0 Å². The van der Waals surface area contributed by atoms with Crippen molar-refractivity contribution in [3.05, 3.63) is 174 Å². The van der Waals surface area contributed by atoms with E-state index in [1.807, 2.05) is 17.4 Å². The van der Waals surface area contributed by atoms with Gasteiger partial charge in [0.25, 0.3) is 0 Å². The number of thiophene rings is 1. The fourth-order valence-electron chi connectivity index (χ4n) is 7.73. The summed E-state index contributed by atoms with van der Waals surface area (Å²) in [5.41, 5.74) is 12.4. The second kappa shape index (κ2) is 12.4. The highest BCUT2D eigenvalue weighted by Gasteiger charge is 2.23. The molecule has 1 atom stereocenters. The van der Waals surface area contributed by atoms with Gasteiger partial charge in [0.2, 0.25) is 0 Å². The molecule has 6 aromatic carbocycles. The summed E-state index contributed by atoms with van der Waals surface area (Å²) in [7, 11) is 0. The number of hydrogen-bond acceptors (Lipinski definition) is 3. The smallest absolute Gasteiger partial charge is 0.125 e. The lowest BCUT2D eigenvalue weighted by Gasteiger charge is -2.27. The van der Waals surface area contributed by atoms with Gasteiger partial charge in [-0.1, -0.05) is 127 Å². The molecule has 49 heavy (non-hydrogen) atoms. The maximum atomic E-state index is 11.5. The van der Waals surface area contributed by atoms with Crippen LogP contribution in [0.1, 0.15) is 30.7 Å². The summed E-state index contributed by atoms with van der Waals surface area (Å²) in [5.74, 6) is 0.640. The zero-order valence-electron chi connectivity index (χ0n) is 27.1. The Labute approximate surface area is 291 Å². The van der Waals surface area contributed by atoms with Crippen LogP contribution in [-0.2, 0) is 0 Å². The van der Waals surface area contributed by atoms with Crippen LogP contribution < -0.4 is 5.32 Å². The molecule has 1 unspecified atom stereocenters. The van der Waals surface area contributed by atoms with Gasteiger partial charge in [-0.25, -0.2) is 0 Å². The van der Waals surface area contributed by atoms with E-state index in [4.69, 9.17) is 0 Å². The Morgan fingerprint density at radius 3 is 2.27 bits per heavy atom. The minimum Gasteiger partial charge on any atom is -0.507 e. The average molecular weight is 650 g/mol. The Hall–Kier alpha value is -5.64. The van der Waals surface area contributed by atoms with Gasteiger partial charge in [-0.3, -0.25) is 0 Å². The molecule has 2 nitrogen and oxygen atoms in total. The molecule has 3 heteroatoms. The highest BCUT2D eigenvalue weighted by atomic mass is 32.1. The van der Waals surface area contributed by atoms with Crippen molar-refractivity contribution in [3.63, 3.8) is 0 Å². The van der Waals surface area contributed by atoms with Crippen molar-refractivity contribution in [2.45, 2.75) is 25.2 Å². The first-order valence-electron chi connectivity index (χ1n) is 17.1. The SMILES string of the molecule is Oc1cccc(Nc2ccccc2-c2ccc3sc4ccccc4c3c2)c1-c1ccccc1-c1cccc(C2CC=CC3=C2CCC=C3)c1. The van der Waals surface area contributed by atoms with E-state index in [9.17, 15) is 5.11 Å². The van der Waals surface area contributed by atoms with Gasteiger partial charge in [0.1, 0.15) is 5.75 Å². The maximum Gasteiger partial charge on any atom is 0.125 e. The molecule has 1 heterocycles. The third-order valence-corrected chi connectivity index (χ3v) is 11.2. The van der Waals surface area contributed by atoms with Gasteiger partial charge < -0.3 is 10.4 Å². The number of rotatable bonds is 6. The highest BCUT2D eigenvalue weighted by Crippen LogP contribution is 2.46. The van der Waals surface area contributed by atoms with E-state index in [-0.39, 0.29) is 5.75 Å². The second-order valence-electron chi connectivity index (χ2n) is 13.0. The summed E-state index contributed by atoms with van der Waals surface area (Å²) < 4.78 is 2.59. The van der Waals surface area contributed by atoms with Gasteiger partial charge in [0.15, 0.2) is 0 Å². The van der Waals surface area contributed by atoms with Gasteiger partial charge in [-0.15, -0.1) is 11.3 Å². The molecule has 0 fully saturated rings. The first-order chi connectivity index (χ1) is 24.2. The van der Waals surface area contributed by atoms with Crippen LogP contribution in [-0.4, -0.2) is 5.11 Å². The molecule has 0 amide bonds. The number of hydrogen-bond donors (Lipinski definition) is 2. The molecule has 0 aliphatic heterocycles. The molecule has 7 aromatic rings. The van der Waals surface area contributed by atoms with E-state index < -0.39 is 0 Å². The monoisotopic (exact) mass is 649 g/mol. The largest absolute Gasteiger partial charge is 0.507 e. The topological polar surface area (TPSA) is 32.3 Å². The Bertz CT molecular complexity index is 2470. The molecule has 0 spiro atoms. The first kappa shape index (κ1) is 29.5. The summed E-state index contributed by atoms with van der Waals surface area (Å²) >= 11 is 1.84. The molecule has 0 saturated carbocycles. The summed E-state index contributed by atoms with van der Waals surface area (Å²) in [6, 6.07) is 47.1. The van der Waals surface area contributed by atoms with Crippen LogP contribution in [0.5, 0.6) is 5.75 Å². The molecule has 2 N–H and O–H groups in total. The molecule has 1 aromatic heterocycles. The number of phenolic OH excluding ortho intramolecular Hbond substituents is 1. The minimum atomic E-state index is 0.249. The van der Waals surface area contributed by atoms with Gasteiger partial charge in [0.05, 0.1) is 5.69 Å². The zero-order valence-corrected chi connectivity index (χ0v) is 27.9. The van der Waals surface area contributed by atoms with E-state index >= 15 is 0 Å². The third-order valence-electron chi connectivity index (χ3n) is 10.1. The predicted molar refractivity (Wildman–Crippen MR) is 209 cm³/mol. The number of fused-ring (bicyclic) bond motifs is 3. The van der Waals surface area contributed by atoms with Crippen LogP contribution in [0.4, 0.5) is 11.4 Å². The molecule has 0 radical (unpaired) electrons. The zero-order chi connectivity index (χ0) is 32.7. The lowest BCUT2D eigenvalue weighted by Crippen LogP contribution is -2.09. The normalized spacial score (nSPS) is 15.6. The predicted octanol–water partition coefficient (Wildman–Crippen LogP) is 13.2. The van der Waals surface area contributed by atoms with Crippen molar-refractivity contribution in [1.82, 2.24) is 0 Å². The second-order valence-corrected chi connectivity index (χ2v) is 14.0. The minimum absolute atomic E-state index is 0.249. The molecule has 0 bridgehead atoms. The van der Waals surface area contributed by atoms with Crippen LogP contribution in [0.2, 0.25) is 0 Å². The molecule has 2 aliphatic rings. The van der Waals surface area contributed by atoms with Crippen LogP contribution in [0.15, 0.2) is 169 Å². The van der Waals surface area contributed by atoms with Crippen molar-refractivity contribution in [2.24, 2.45) is 0 Å². The molecule has 0 saturated heterocycles. The van der Waals surface area contributed by atoms with E-state index in [0.717, 1.165) is 64.0 Å². The number of para-hydroxylation sites is 1. The Morgan fingerprint density at radius 2 is 1.33 bits per heavy atom. The molecular weight excluding hydrogens is 615 g/mol. The Morgan fingerprint density at radius 1 is 0.592 bits per heavy atom. The first-order valence-corrected chi connectivity index (χ1v) is 17.9. The number of aromatic hydroxyl groups is 1. The standard InChI is InChI=1S/C46H35NOS/c48-43-24-11-23-42(47-41-22-7-5-18-37(41)33-26-27-45-40(29-33)38-19-6-8-25-44(38)49-45)46(43)39-20-4-3-17-36(39)32-15-9-14-31(28-32)35-21-10-13-30-12-1-2-16-34(30)35/h1,3-15,17-20,22-29,35,47-48H,2,16,21H2. The van der Waals surface area contributed by atoms with Crippen molar-refractivity contribution < 1.29 is 5.11 Å². The molecular formula is C46H35NOS. The van der Waals surface area contributed by atoms with Gasteiger partial charge >= 0.3 is 0 Å². The number of allylic oxidation sites excluding steroid dienone is 6. The lowest BCUT2D eigenvalue weighted by molar-refractivity contribution is 0.477. The summed E-state index contributed by atoms with van der Waals surface area (Å²) in [4.78, 5) is 0. The average Bonchev–Trinajstić information content (AvgIpc) is 3.53. The van der Waals surface area contributed by atoms with Crippen LogP contribution in [0.3, 0.4) is 0 Å². The van der Waals surface area contributed by atoms with Gasteiger partial charge in [-0.2, -0.15) is 0 Å². The fraction of sp³-hybridized carbons (Fsp3) is 0.0870. The van der Waals surface area contributed by atoms with Gasteiger partial charge in [-0.05, 0) is 89.1 Å². The third kappa shape index (κ3) is 5.37. The molecule has 236 valence electrons. The summed E-state index contributed by atoms with van der Waals surface area (Å²) in [6.45, 7) is 0. The van der Waals surface area contributed by atoms with E-state index in [1.165, 1.54) is 31.3 Å². The van der Waals surface area contributed by atoms with Crippen molar-refractivity contribution in [3.8, 4) is 39.1 Å². The van der Waals surface area contributed by atoms with E-state index in [2.05, 4.69) is 151 Å². The van der Waals surface area contributed by atoms with Crippen molar-refractivity contribution >= 4 is 42.9 Å². The molecule has 9 rings (SSSR count). The van der Waals surface area contributed by atoms with Crippen LogP contribution in [0, 0.1) is 0 Å².